The molecular weight excluding hydrogens is 361 g/mol. The number of hydrogen-bond acceptors (Lipinski definition) is 4. The Balaban J connectivity index is 2.36. The SMILES string of the molecule is COc1ccc(C(=O)Nc2cc(Cl)cc(Cl)c2)cc1S(C)(=O)=O. The highest BCUT2D eigenvalue weighted by atomic mass is 35.5. The van der Waals surface area contributed by atoms with Crippen LogP contribution in [0.5, 0.6) is 5.75 Å². The van der Waals surface area contributed by atoms with Gasteiger partial charge in [-0.25, -0.2) is 8.42 Å². The van der Waals surface area contributed by atoms with Crippen LogP contribution < -0.4 is 10.1 Å². The Morgan fingerprint density at radius 2 is 1.70 bits per heavy atom. The quantitative estimate of drug-likeness (QED) is 0.887. The average Bonchev–Trinajstić information content (AvgIpc) is 2.44. The number of rotatable bonds is 4. The van der Waals surface area contributed by atoms with Gasteiger partial charge in [-0.2, -0.15) is 0 Å². The van der Waals surface area contributed by atoms with Gasteiger partial charge < -0.3 is 10.1 Å². The third-order valence-corrected chi connectivity index (χ3v) is 4.50. The van der Waals surface area contributed by atoms with E-state index in [2.05, 4.69) is 5.32 Å². The molecule has 2 rings (SSSR count). The molecule has 0 bridgehead atoms. The summed E-state index contributed by atoms with van der Waals surface area (Å²) in [7, 11) is -2.18. The molecule has 0 spiro atoms. The first-order chi connectivity index (χ1) is 10.7. The number of ether oxygens (including phenoxy) is 1. The summed E-state index contributed by atoms with van der Waals surface area (Å²) in [5.41, 5.74) is 0.576. The molecule has 2 aromatic rings. The molecule has 0 unspecified atom stereocenters. The summed E-state index contributed by atoms with van der Waals surface area (Å²) in [5.74, 6) is -0.314. The van der Waals surface area contributed by atoms with Gasteiger partial charge in [0.1, 0.15) is 10.6 Å². The van der Waals surface area contributed by atoms with Gasteiger partial charge in [0.25, 0.3) is 5.91 Å². The highest BCUT2D eigenvalue weighted by Crippen LogP contribution is 2.26. The predicted molar refractivity (Wildman–Crippen MR) is 90.5 cm³/mol. The number of halogens is 2. The topological polar surface area (TPSA) is 72.5 Å². The summed E-state index contributed by atoms with van der Waals surface area (Å²) in [4.78, 5) is 12.2. The number of benzene rings is 2. The zero-order valence-corrected chi connectivity index (χ0v) is 14.6. The first-order valence-corrected chi connectivity index (χ1v) is 9.01. The smallest absolute Gasteiger partial charge is 0.255 e. The van der Waals surface area contributed by atoms with E-state index in [4.69, 9.17) is 27.9 Å². The van der Waals surface area contributed by atoms with Crippen molar-refractivity contribution in [2.24, 2.45) is 0 Å². The van der Waals surface area contributed by atoms with E-state index in [1.165, 1.54) is 43.5 Å². The lowest BCUT2D eigenvalue weighted by atomic mass is 10.2. The van der Waals surface area contributed by atoms with E-state index in [-0.39, 0.29) is 16.2 Å². The van der Waals surface area contributed by atoms with Crippen LogP contribution in [-0.2, 0) is 9.84 Å². The molecule has 0 radical (unpaired) electrons. The number of nitrogens with one attached hydrogen (secondary N) is 1. The number of hydrogen-bond donors (Lipinski definition) is 1. The molecule has 0 aromatic heterocycles. The first-order valence-electron chi connectivity index (χ1n) is 6.36. The zero-order valence-electron chi connectivity index (χ0n) is 12.3. The molecular formula is C15H13Cl2NO4S. The Bertz CT molecular complexity index is 846. The Morgan fingerprint density at radius 1 is 1.09 bits per heavy atom. The van der Waals surface area contributed by atoms with Crippen molar-refractivity contribution >= 4 is 44.6 Å². The van der Waals surface area contributed by atoms with Crippen LogP contribution in [0.3, 0.4) is 0 Å². The molecule has 2 aromatic carbocycles. The monoisotopic (exact) mass is 373 g/mol. The lowest BCUT2D eigenvalue weighted by Gasteiger charge is -2.10. The van der Waals surface area contributed by atoms with Crippen LogP contribution in [0.1, 0.15) is 10.4 Å². The van der Waals surface area contributed by atoms with Crippen LogP contribution in [0.25, 0.3) is 0 Å². The number of methoxy groups -OCH3 is 1. The highest BCUT2D eigenvalue weighted by molar-refractivity contribution is 7.90. The van der Waals surface area contributed by atoms with E-state index in [1.807, 2.05) is 0 Å². The number of sulfone groups is 1. The fourth-order valence-electron chi connectivity index (χ4n) is 1.94. The summed E-state index contributed by atoms with van der Waals surface area (Å²) >= 11 is 11.7. The lowest BCUT2D eigenvalue weighted by molar-refractivity contribution is 0.102. The Morgan fingerprint density at radius 3 is 2.22 bits per heavy atom. The molecule has 5 nitrogen and oxygen atoms in total. The van der Waals surface area contributed by atoms with Crippen molar-refractivity contribution in [1.82, 2.24) is 0 Å². The second-order valence-electron chi connectivity index (χ2n) is 4.75. The number of carbonyl (C=O) groups is 1. The highest BCUT2D eigenvalue weighted by Gasteiger charge is 2.17. The van der Waals surface area contributed by atoms with Crippen molar-refractivity contribution in [3.8, 4) is 5.75 Å². The first kappa shape index (κ1) is 17.6. The van der Waals surface area contributed by atoms with E-state index in [0.717, 1.165) is 6.26 Å². The van der Waals surface area contributed by atoms with Gasteiger partial charge in [-0.15, -0.1) is 0 Å². The molecule has 0 saturated heterocycles. The molecule has 1 amide bonds. The van der Waals surface area contributed by atoms with Gasteiger partial charge in [0.15, 0.2) is 9.84 Å². The molecule has 0 aliphatic heterocycles. The molecule has 0 saturated carbocycles. The number of anilines is 1. The van der Waals surface area contributed by atoms with E-state index in [9.17, 15) is 13.2 Å². The van der Waals surface area contributed by atoms with E-state index >= 15 is 0 Å². The average molecular weight is 374 g/mol. The van der Waals surface area contributed by atoms with Crippen molar-refractivity contribution in [2.45, 2.75) is 4.90 Å². The van der Waals surface area contributed by atoms with E-state index in [0.29, 0.717) is 15.7 Å². The van der Waals surface area contributed by atoms with Crippen molar-refractivity contribution in [3.63, 3.8) is 0 Å². The molecule has 122 valence electrons. The molecule has 0 aliphatic carbocycles. The molecule has 0 aliphatic rings. The maximum atomic E-state index is 12.3. The van der Waals surface area contributed by atoms with Gasteiger partial charge in [-0.1, -0.05) is 23.2 Å². The summed E-state index contributed by atoms with van der Waals surface area (Å²) in [6.45, 7) is 0. The van der Waals surface area contributed by atoms with Crippen LogP contribution in [0.15, 0.2) is 41.3 Å². The number of amides is 1. The molecule has 0 heterocycles. The van der Waals surface area contributed by atoms with Crippen LogP contribution >= 0.6 is 23.2 Å². The van der Waals surface area contributed by atoms with Crippen LogP contribution in [0, 0.1) is 0 Å². The van der Waals surface area contributed by atoms with Crippen molar-refractivity contribution in [2.75, 3.05) is 18.7 Å². The minimum Gasteiger partial charge on any atom is -0.495 e. The minimum atomic E-state index is -3.54. The molecule has 1 N–H and O–H groups in total. The summed E-state index contributed by atoms with van der Waals surface area (Å²) in [6.07, 6.45) is 1.04. The Hall–Kier alpha value is -1.76. The van der Waals surface area contributed by atoms with Gasteiger partial charge >= 0.3 is 0 Å². The Labute approximate surface area is 144 Å². The molecule has 8 heteroatoms. The lowest BCUT2D eigenvalue weighted by Crippen LogP contribution is -2.13. The van der Waals surface area contributed by atoms with Crippen molar-refractivity contribution in [1.29, 1.82) is 0 Å². The van der Waals surface area contributed by atoms with Gasteiger partial charge in [-0.3, -0.25) is 4.79 Å². The van der Waals surface area contributed by atoms with Crippen molar-refractivity contribution < 1.29 is 17.9 Å². The third kappa shape index (κ3) is 4.37. The molecule has 0 atom stereocenters. The normalized spacial score (nSPS) is 11.1. The summed E-state index contributed by atoms with van der Waals surface area (Å²) < 4.78 is 28.6. The molecule has 23 heavy (non-hydrogen) atoms. The standard InChI is InChI=1S/C15H13Cl2NO4S/c1-22-13-4-3-9(5-14(13)23(2,20)21)15(19)18-12-7-10(16)6-11(17)8-12/h3-8H,1-2H3,(H,18,19). The molecule has 0 fully saturated rings. The second-order valence-corrected chi connectivity index (χ2v) is 7.61. The van der Waals surface area contributed by atoms with Gasteiger partial charge in [0.2, 0.25) is 0 Å². The predicted octanol–water partition coefficient (Wildman–Crippen LogP) is 3.66. The van der Waals surface area contributed by atoms with E-state index in [1.54, 1.807) is 0 Å². The fraction of sp³-hybridized carbons (Fsp3) is 0.133. The van der Waals surface area contributed by atoms with Crippen LogP contribution in [-0.4, -0.2) is 27.7 Å². The van der Waals surface area contributed by atoms with Crippen molar-refractivity contribution in [3.05, 3.63) is 52.0 Å². The van der Waals surface area contributed by atoms with Gasteiger partial charge in [0.05, 0.1) is 7.11 Å². The number of carbonyl (C=O) groups excluding carboxylic acids is 1. The summed E-state index contributed by atoms with van der Waals surface area (Å²) in [6, 6.07) is 8.76. The maximum absolute atomic E-state index is 12.3. The Kier molecular flexibility index (Phi) is 5.19. The van der Waals surface area contributed by atoms with E-state index < -0.39 is 15.7 Å². The minimum absolute atomic E-state index is 0.0585. The maximum Gasteiger partial charge on any atom is 0.255 e. The second kappa shape index (κ2) is 6.78. The van der Waals surface area contributed by atoms with Gasteiger partial charge in [-0.05, 0) is 36.4 Å². The van der Waals surface area contributed by atoms with Gasteiger partial charge in [0, 0.05) is 27.6 Å². The van der Waals surface area contributed by atoms with Crippen LogP contribution in [0.4, 0.5) is 5.69 Å². The van der Waals surface area contributed by atoms with Crippen LogP contribution in [0.2, 0.25) is 10.0 Å². The third-order valence-electron chi connectivity index (χ3n) is 2.95. The zero-order chi connectivity index (χ0) is 17.2. The fourth-order valence-corrected chi connectivity index (χ4v) is 3.32. The summed E-state index contributed by atoms with van der Waals surface area (Å²) in [5, 5.41) is 3.36. The largest absolute Gasteiger partial charge is 0.495 e.